The summed E-state index contributed by atoms with van der Waals surface area (Å²) in [5.74, 6) is 2.83. The van der Waals surface area contributed by atoms with Crippen molar-refractivity contribution in [2.24, 2.45) is 44.8 Å². The van der Waals surface area contributed by atoms with Crippen LogP contribution in [0.2, 0.25) is 0 Å². The minimum Gasteiger partial charge on any atom is -0.381 e. The minimum atomic E-state index is 0.403. The summed E-state index contributed by atoms with van der Waals surface area (Å²) < 4.78 is 10.7. The van der Waals surface area contributed by atoms with Gasteiger partial charge in [0, 0.05) is 31.2 Å². The second-order valence-corrected chi connectivity index (χ2v) is 26.3. The average molecular weight is 820 g/mol. The van der Waals surface area contributed by atoms with Gasteiger partial charge in [0.1, 0.15) is 0 Å². The van der Waals surface area contributed by atoms with Crippen LogP contribution in [0.4, 0.5) is 0 Å². The molecule has 0 spiro atoms. The molecule has 2 saturated carbocycles. The van der Waals surface area contributed by atoms with Gasteiger partial charge in [0.2, 0.25) is 0 Å². The Kier molecular flexibility index (Phi) is 24.8. The van der Waals surface area contributed by atoms with Gasteiger partial charge >= 0.3 is 0 Å². The topological polar surface area (TPSA) is 28.2 Å². The van der Waals surface area contributed by atoms with E-state index in [1.54, 1.807) is 0 Å². The molecule has 6 fully saturated rings. The van der Waals surface area contributed by atoms with Gasteiger partial charge in [-0.1, -0.05) is 130 Å². The predicted octanol–water partition coefficient (Wildman–Crippen LogP) is 14.3. The summed E-state index contributed by atoms with van der Waals surface area (Å²) in [5.41, 5.74) is 2.94. The van der Waals surface area contributed by atoms with Crippen molar-refractivity contribution in [3.05, 3.63) is 0 Å². The third-order valence-electron chi connectivity index (χ3n) is 12.9. The zero-order valence-electron chi connectivity index (χ0n) is 43.4. The van der Waals surface area contributed by atoms with E-state index in [-0.39, 0.29) is 0 Å². The standard InChI is InChI=1S/C11H23N.C10H20O.C9H19N.C8H17N.C8H16.C7H14O/c1-11(2,3)7-10-12-8-5-4-6-9-12;1-10(2,3)7-8-11-9-5-4-6-9;1-9(2,3)10-7-5-4-6-8-10;1-8(2,3)7-5-9(4)6-7;1-8(2,3)6-7-4-5-7;1-7(2,3)6-4-8-5-6/h4-10H2,1-3H3;9H,4-8H2,1-3H3;4-8H2,1-3H3;7H,5-6H2,1-4H3;7H,4-6H2,1-3H3;6H,4-5H2,1-3H3. The Bertz CT molecular complexity index is 1000. The van der Waals surface area contributed by atoms with E-state index in [0.29, 0.717) is 38.7 Å². The molecule has 0 radical (unpaired) electrons. The SMILES string of the molecule is CC(C)(C)C1COC1.CC(C)(C)CC1CC1.CC(C)(C)CCN1CCCCC1.CC(C)(C)CCOC1CCC1.CC(C)(C)N1CCCCC1.CN1CC(C(C)(C)C)C1. The van der Waals surface area contributed by atoms with Gasteiger partial charge in [-0.05, 0) is 164 Å². The summed E-state index contributed by atoms with van der Waals surface area (Å²) in [6.07, 6.45) is 20.1. The highest BCUT2D eigenvalue weighted by Gasteiger charge is 2.33. The number of rotatable bonds is 6. The Morgan fingerprint density at radius 3 is 1.22 bits per heavy atom. The molecular weight excluding hydrogens is 711 g/mol. The number of hydrogen-bond donors (Lipinski definition) is 0. The highest BCUT2D eigenvalue weighted by molar-refractivity contribution is 4.86. The van der Waals surface area contributed by atoms with Crippen molar-refractivity contribution in [1.29, 1.82) is 0 Å². The molecule has 6 aliphatic rings. The molecule has 0 aromatic carbocycles. The summed E-state index contributed by atoms with van der Waals surface area (Å²) in [4.78, 5) is 7.57. The molecule has 0 bridgehead atoms. The van der Waals surface area contributed by atoms with Gasteiger partial charge in [-0.2, -0.15) is 0 Å². The van der Waals surface area contributed by atoms with E-state index in [1.165, 1.54) is 136 Å². The van der Waals surface area contributed by atoms with Gasteiger partial charge in [0.15, 0.2) is 0 Å². The summed E-state index contributed by atoms with van der Waals surface area (Å²) in [5, 5.41) is 0. The minimum absolute atomic E-state index is 0.403. The first-order valence-electron chi connectivity index (χ1n) is 24.8. The van der Waals surface area contributed by atoms with Crippen LogP contribution in [-0.2, 0) is 9.47 Å². The van der Waals surface area contributed by atoms with Crippen LogP contribution in [-0.4, -0.2) is 99.0 Å². The molecule has 0 aromatic heterocycles. The number of ether oxygens (including phenoxy) is 2. The van der Waals surface area contributed by atoms with Crippen molar-refractivity contribution in [2.75, 3.05) is 72.7 Å². The van der Waals surface area contributed by atoms with Crippen LogP contribution < -0.4 is 0 Å². The Hall–Kier alpha value is -0.200. The maximum atomic E-state index is 5.65. The molecule has 0 unspecified atom stereocenters. The van der Waals surface area contributed by atoms with Crippen LogP contribution in [0.5, 0.6) is 0 Å². The van der Waals surface area contributed by atoms with Gasteiger partial charge in [-0.3, -0.25) is 4.90 Å². The predicted molar refractivity (Wildman–Crippen MR) is 258 cm³/mol. The first-order valence-corrected chi connectivity index (χ1v) is 24.8. The van der Waals surface area contributed by atoms with E-state index in [1.807, 2.05) is 0 Å². The third kappa shape index (κ3) is 29.9. The molecule has 4 saturated heterocycles. The van der Waals surface area contributed by atoms with E-state index in [0.717, 1.165) is 37.6 Å². The largest absolute Gasteiger partial charge is 0.381 e. The van der Waals surface area contributed by atoms with Crippen molar-refractivity contribution < 1.29 is 9.47 Å². The Morgan fingerprint density at radius 2 is 0.983 bits per heavy atom. The summed E-state index contributed by atoms with van der Waals surface area (Å²) in [7, 11) is 2.18. The molecule has 4 aliphatic heterocycles. The van der Waals surface area contributed by atoms with Crippen LogP contribution in [0, 0.1) is 44.8 Å². The molecule has 348 valence electrons. The van der Waals surface area contributed by atoms with Crippen molar-refractivity contribution >= 4 is 0 Å². The van der Waals surface area contributed by atoms with E-state index < -0.39 is 0 Å². The Balaban J connectivity index is 0.000000350. The Labute approximate surface area is 366 Å². The third-order valence-corrected chi connectivity index (χ3v) is 12.9. The molecule has 0 N–H and O–H groups in total. The fourth-order valence-electron chi connectivity index (χ4n) is 7.48. The van der Waals surface area contributed by atoms with Crippen LogP contribution in [0.3, 0.4) is 0 Å². The molecule has 58 heavy (non-hydrogen) atoms. The van der Waals surface area contributed by atoms with Crippen LogP contribution in [0.25, 0.3) is 0 Å². The molecule has 2 aliphatic carbocycles. The Morgan fingerprint density at radius 1 is 0.517 bits per heavy atom. The zero-order valence-corrected chi connectivity index (χ0v) is 43.4. The van der Waals surface area contributed by atoms with Gasteiger partial charge in [0.25, 0.3) is 0 Å². The first kappa shape index (κ1) is 55.8. The molecule has 5 heteroatoms. The number of likely N-dealkylation sites (tertiary alicyclic amines) is 3. The van der Waals surface area contributed by atoms with Crippen molar-refractivity contribution in [1.82, 2.24) is 14.7 Å². The lowest BCUT2D eigenvalue weighted by Crippen LogP contribution is -2.49. The van der Waals surface area contributed by atoms with E-state index in [2.05, 4.69) is 146 Å². The molecule has 0 aromatic rings. The van der Waals surface area contributed by atoms with Crippen molar-refractivity contribution in [2.45, 2.75) is 226 Å². The van der Waals surface area contributed by atoms with Crippen LogP contribution >= 0.6 is 0 Å². The number of hydrogen-bond acceptors (Lipinski definition) is 5. The average Bonchev–Trinajstić information content (AvgIpc) is 3.82. The maximum Gasteiger partial charge on any atom is 0.0575 e. The fraction of sp³-hybridized carbons (Fsp3) is 1.00. The van der Waals surface area contributed by atoms with E-state index in [4.69, 9.17) is 9.47 Å². The molecule has 4 heterocycles. The molecule has 6 rings (SSSR count). The fourth-order valence-corrected chi connectivity index (χ4v) is 7.48. The van der Waals surface area contributed by atoms with Crippen LogP contribution in [0.15, 0.2) is 0 Å². The zero-order chi connectivity index (χ0) is 44.4. The monoisotopic (exact) mass is 820 g/mol. The molecular formula is C53H109N3O2. The summed E-state index contributed by atoms with van der Waals surface area (Å²) in [6.45, 7) is 53.5. The van der Waals surface area contributed by atoms with Crippen molar-refractivity contribution in [3.63, 3.8) is 0 Å². The lowest BCUT2D eigenvalue weighted by Gasteiger charge is -2.44. The quantitative estimate of drug-likeness (QED) is 0.266. The van der Waals surface area contributed by atoms with E-state index >= 15 is 0 Å². The second-order valence-electron chi connectivity index (χ2n) is 26.3. The molecule has 0 atom stereocenters. The maximum absolute atomic E-state index is 5.65. The smallest absolute Gasteiger partial charge is 0.0575 e. The van der Waals surface area contributed by atoms with E-state index in [9.17, 15) is 0 Å². The van der Waals surface area contributed by atoms with Gasteiger partial charge < -0.3 is 19.3 Å². The lowest BCUT2D eigenvalue weighted by atomic mass is 9.76. The van der Waals surface area contributed by atoms with Crippen molar-refractivity contribution in [3.8, 4) is 0 Å². The van der Waals surface area contributed by atoms with Gasteiger partial charge in [-0.25, -0.2) is 0 Å². The highest BCUT2D eigenvalue weighted by Crippen LogP contribution is 2.39. The molecule has 5 nitrogen and oxygen atoms in total. The van der Waals surface area contributed by atoms with Crippen LogP contribution in [0.1, 0.15) is 215 Å². The number of piperidine rings is 2. The molecule has 0 amide bonds. The van der Waals surface area contributed by atoms with Gasteiger partial charge in [0.05, 0.1) is 19.3 Å². The first-order chi connectivity index (χ1) is 26.4. The lowest BCUT2D eigenvalue weighted by molar-refractivity contribution is -0.0821. The normalized spacial score (nSPS) is 22.0. The highest BCUT2D eigenvalue weighted by atomic mass is 16.5. The summed E-state index contributed by atoms with van der Waals surface area (Å²) >= 11 is 0. The second kappa shape index (κ2) is 25.8. The summed E-state index contributed by atoms with van der Waals surface area (Å²) in [6, 6.07) is 0. The number of nitrogens with zero attached hydrogens (tertiary/aromatic N) is 3. The van der Waals surface area contributed by atoms with Gasteiger partial charge in [-0.15, -0.1) is 0 Å².